The van der Waals surface area contributed by atoms with Crippen LogP contribution in [0, 0.1) is 5.82 Å². The second-order valence-corrected chi connectivity index (χ2v) is 5.44. The average molecular weight is 291 g/mol. The predicted molar refractivity (Wildman–Crippen MR) is 68.2 cm³/mol. The van der Waals surface area contributed by atoms with E-state index in [0.29, 0.717) is 0 Å². The molecule has 0 unspecified atom stereocenters. The third-order valence-corrected chi connectivity index (χ3v) is 3.43. The maximum atomic E-state index is 13.4. The topological polar surface area (TPSA) is 114 Å². The van der Waals surface area contributed by atoms with Crippen LogP contribution in [0.3, 0.4) is 0 Å². The molecule has 0 saturated carbocycles. The van der Waals surface area contributed by atoms with Gasteiger partial charge in [0.15, 0.2) is 5.84 Å². The molecule has 0 bridgehead atoms. The van der Waals surface area contributed by atoms with E-state index in [1.54, 1.807) is 0 Å². The summed E-state index contributed by atoms with van der Waals surface area (Å²) < 4.78 is 43.5. The lowest BCUT2D eigenvalue weighted by Gasteiger charge is -2.09. The highest BCUT2D eigenvalue weighted by atomic mass is 32.2. The first-order chi connectivity index (χ1) is 8.89. The zero-order valence-electron chi connectivity index (χ0n) is 10.1. The van der Waals surface area contributed by atoms with Gasteiger partial charge in [0.2, 0.25) is 10.0 Å². The Morgan fingerprint density at radius 3 is 2.84 bits per heavy atom. The van der Waals surface area contributed by atoms with E-state index in [4.69, 9.17) is 10.9 Å². The fraction of sp³-hybridized carbons (Fsp3) is 0.300. The van der Waals surface area contributed by atoms with Crippen molar-refractivity contribution in [3.8, 4) is 0 Å². The van der Waals surface area contributed by atoms with Gasteiger partial charge in [-0.15, -0.1) is 0 Å². The minimum absolute atomic E-state index is 0.0314. The van der Waals surface area contributed by atoms with Crippen molar-refractivity contribution >= 4 is 21.5 Å². The number of halogens is 1. The Kier molecular flexibility index (Phi) is 5.07. The molecule has 0 aliphatic heterocycles. The van der Waals surface area contributed by atoms with Crippen molar-refractivity contribution in [3.05, 3.63) is 29.6 Å². The molecule has 0 radical (unpaired) electrons. The molecule has 0 aliphatic rings. The molecular weight excluding hydrogens is 277 g/mol. The van der Waals surface area contributed by atoms with Crippen LogP contribution in [0.1, 0.15) is 5.56 Å². The van der Waals surface area contributed by atoms with E-state index >= 15 is 0 Å². The van der Waals surface area contributed by atoms with Crippen molar-refractivity contribution in [2.24, 2.45) is 10.9 Å². The fourth-order valence-electron chi connectivity index (χ4n) is 1.26. The zero-order chi connectivity index (χ0) is 14.5. The number of rotatable bonds is 6. The highest BCUT2D eigenvalue weighted by Crippen LogP contribution is 2.16. The standard InChI is InChI=1S/C10H14FN3O4S/c1-18-4-5-19(16,17)14-7-2-3-9(11)8(6-7)10(12)13-15/h2-3,6,14-15H,4-5H2,1H3,(H2,12,13). The molecule has 0 saturated heterocycles. The third kappa shape index (κ3) is 4.38. The maximum Gasteiger partial charge on any atom is 0.234 e. The van der Waals surface area contributed by atoms with Crippen molar-refractivity contribution in [1.29, 1.82) is 0 Å². The predicted octanol–water partition coefficient (Wildman–Crippen LogP) is 0.308. The molecule has 1 aromatic carbocycles. The number of anilines is 1. The summed E-state index contributed by atoms with van der Waals surface area (Å²) in [5.74, 6) is -1.41. The molecular formula is C10H14FN3O4S. The highest BCUT2D eigenvalue weighted by molar-refractivity contribution is 7.92. The minimum Gasteiger partial charge on any atom is -0.409 e. The summed E-state index contributed by atoms with van der Waals surface area (Å²) >= 11 is 0. The number of methoxy groups -OCH3 is 1. The van der Waals surface area contributed by atoms with Gasteiger partial charge in [-0.05, 0) is 18.2 Å². The summed E-state index contributed by atoms with van der Waals surface area (Å²) in [5.41, 5.74) is 5.18. The fourth-order valence-corrected chi connectivity index (χ4v) is 2.24. The van der Waals surface area contributed by atoms with Crippen LogP contribution in [0.2, 0.25) is 0 Å². The molecule has 9 heteroatoms. The summed E-state index contributed by atoms with van der Waals surface area (Å²) in [6.07, 6.45) is 0. The van der Waals surface area contributed by atoms with E-state index in [-0.39, 0.29) is 23.6 Å². The SMILES string of the molecule is COCCS(=O)(=O)Nc1ccc(F)c(C(N)=NO)c1. The zero-order valence-corrected chi connectivity index (χ0v) is 10.9. The number of benzene rings is 1. The van der Waals surface area contributed by atoms with Gasteiger partial charge in [0.05, 0.1) is 17.9 Å². The molecule has 0 heterocycles. The van der Waals surface area contributed by atoms with Gasteiger partial charge in [-0.2, -0.15) is 0 Å². The Morgan fingerprint density at radius 2 is 2.26 bits per heavy atom. The second kappa shape index (κ2) is 6.34. The van der Waals surface area contributed by atoms with E-state index in [1.165, 1.54) is 13.2 Å². The quantitative estimate of drug-likeness (QED) is 0.302. The summed E-state index contributed by atoms with van der Waals surface area (Å²) in [5, 5.41) is 11.2. The normalized spacial score (nSPS) is 12.4. The van der Waals surface area contributed by atoms with Gasteiger partial charge in [0, 0.05) is 12.8 Å². The molecule has 0 aromatic heterocycles. The molecule has 1 aromatic rings. The first kappa shape index (κ1) is 15.2. The Hall–Kier alpha value is -1.87. The lowest BCUT2D eigenvalue weighted by atomic mass is 10.2. The van der Waals surface area contributed by atoms with Crippen LogP contribution < -0.4 is 10.5 Å². The lowest BCUT2D eigenvalue weighted by Crippen LogP contribution is -2.21. The minimum atomic E-state index is -3.60. The van der Waals surface area contributed by atoms with Crippen LogP contribution in [0.4, 0.5) is 10.1 Å². The van der Waals surface area contributed by atoms with Gasteiger partial charge >= 0.3 is 0 Å². The van der Waals surface area contributed by atoms with Crippen LogP contribution in [-0.2, 0) is 14.8 Å². The Labute approximate surface area is 109 Å². The first-order valence-corrected chi connectivity index (χ1v) is 6.81. The van der Waals surface area contributed by atoms with Crippen molar-refractivity contribution in [2.45, 2.75) is 0 Å². The first-order valence-electron chi connectivity index (χ1n) is 5.16. The van der Waals surface area contributed by atoms with Gasteiger partial charge in [-0.25, -0.2) is 12.8 Å². The largest absolute Gasteiger partial charge is 0.409 e. The molecule has 0 fully saturated rings. The number of ether oxygens (including phenoxy) is 1. The van der Waals surface area contributed by atoms with Gasteiger partial charge < -0.3 is 15.7 Å². The van der Waals surface area contributed by atoms with Gasteiger partial charge in [0.25, 0.3) is 0 Å². The van der Waals surface area contributed by atoms with Gasteiger partial charge in [-0.3, -0.25) is 4.72 Å². The Bertz CT molecular complexity index is 574. The number of nitrogens with zero attached hydrogens (tertiary/aromatic N) is 1. The van der Waals surface area contributed by atoms with Crippen LogP contribution >= 0.6 is 0 Å². The summed E-state index contributed by atoms with van der Waals surface area (Å²) in [4.78, 5) is 0. The molecule has 4 N–H and O–H groups in total. The van der Waals surface area contributed by atoms with E-state index in [1.807, 2.05) is 0 Å². The molecule has 1 rings (SSSR count). The lowest BCUT2D eigenvalue weighted by molar-refractivity contribution is 0.217. The maximum absolute atomic E-state index is 13.4. The number of oxime groups is 1. The van der Waals surface area contributed by atoms with Crippen LogP contribution in [0.25, 0.3) is 0 Å². The van der Waals surface area contributed by atoms with Crippen molar-refractivity contribution in [2.75, 3.05) is 24.2 Å². The van der Waals surface area contributed by atoms with Crippen molar-refractivity contribution < 1.29 is 22.8 Å². The highest BCUT2D eigenvalue weighted by Gasteiger charge is 2.13. The molecule has 0 amide bonds. The Morgan fingerprint density at radius 1 is 1.58 bits per heavy atom. The second-order valence-electron chi connectivity index (χ2n) is 3.59. The smallest absolute Gasteiger partial charge is 0.234 e. The van der Waals surface area contributed by atoms with E-state index in [2.05, 4.69) is 14.6 Å². The van der Waals surface area contributed by atoms with Crippen LogP contribution in [0.15, 0.2) is 23.4 Å². The number of nitrogens with one attached hydrogen (secondary N) is 1. The number of sulfonamides is 1. The van der Waals surface area contributed by atoms with E-state index in [9.17, 15) is 12.8 Å². The van der Waals surface area contributed by atoms with Gasteiger partial charge in [0.1, 0.15) is 5.82 Å². The van der Waals surface area contributed by atoms with Crippen molar-refractivity contribution in [1.82, 2.24) is 0 Å². The number of hydrogen-bond donors (Lipinski definition) is 3. The summed E-state index contributed by atoms with van der Waals surface area (Å²) in [6, 6.07) is 3.38. The third-order valence-electron chi connectivity index (χ3n) is 2.18. The van der Waals surface area contributed by atoms with Crippen molar-refractivity contribution in [3.63, 3.8) is 0 Å². The molecule has 0 aliphatic carbocycles. The van der Waals surface area contributed by atoms with Crippen LogP contribution in [0.5, 0.6) is 0 Å². The number of hydrogen-bond acceptors (Lipinski definition) is 5. The average Bonchev–Trinajstić information content (AvgIpc) is 2.37. The van der Waals surface area contributed by atoms with Crippen LogP contribution in [-0.4, -0.2) is 38.9 Å². The van der Waals surface area contributed by atoms with E-state index < -0.39 is 21.7 Å². The molecule has 7 nitrogen and oxygen atoms in total. The monoisotopic (exact) mass is 291 g/mol. The molecule has 0 spiro atoms. The summed E-state index contributed by atoms with van der Waals surface area (Å²) in [6.45, 7) is 0.0314. The molecule has 19 heavy (non-hydrogen) atoms. The molecule has 0 atom stereocenters. The summed E-state index contributed by atoms with van der Waals surface area (Å²) in [7, 11) is -2.22. The van der Waals surface area contributed by atoms with E-state index in [0.717, 1.165) is 12.1 Å². The number of amidine groups is 1. The van der Waals surface area contributed by atoms with Gasteiger partial charge in [-0.1, -0.05) is 5.16 Å². The Balaban J connectivity index is 2.98. The number of nitrogens with two attached hydrogens (primary N) is 1. The molecule has 106 valence electrons.